The van der Waals surface area contributed by atoms with E-state index < -0.39 is 0 Å². The zero-order valence-electron chi connectivity index (χ0n) is 9.63. The molecule has 1 amide bonds. The summed E-state index contributed by atoms with van der Waals surface area (Å²) in [6, 6.07) is 5.44. The minimum absolute atomic E-state index is 0.0389. The fourth-order valence-corrected chi connectivity index (χ4v) is 2.46. The molecule has 1 N–H and O–H groups in total. The van der Waals surface area contributed by atoms with Crippen LogP contribution in [0.2, 0.25) is 5.02 Å². The first-order chi connectivity index (χ1) is 8.08. The molecule has 1 heterocycles. The average molecular weight is 252 g/mol. The van der Waals surface area contributed by atoms with Crippen LogP contribution in [0.25, 0.3) is 0 Å². The highest BCUT2D eigenvalue weighted by atomic mass is 35.5. The molecule has 1 aliphatic heterocycles. The molecule has 17 heavy (non-hydrogen) atoms. The second-order valence-corrected chi connectivity index (χ2v) is 4.74. The smallest absolute Gasteiger partial charge is 0.220 e. The molecule has 1 aliphatic rings. The van der Waals surface area contributed by atoms with Crippen LogP contribution in [0.3, 0.4) is 0 Å². The SMILES string of the molecule is CC(=O)c1ccc([C@H]2CCNC(=O)C2)cc1Cl. The summed E-state index contributed by atoms with van der Waals surface area (Å²) >= 11 is 6.06. The lowest BCUT2D eigenvalue weighted by molar-refractivity contribution is -0.122. The lowest BCUT2D eigenvalue weighted by Crippen LogP contribution is -2.32. The quantitative estimate of drug-likeness (QED) is 0.821. The van der Waals surface area contributed by atoms with Crippen molar-refractivity contribution in [1.82, 2.24) is 5.32 Å². The molecule has 0 radical (unpaired) electrons. The third kappa shape index (κ3) is 2.67. The first-order valence-corrected chi connectivity index (χ1v) is 6.03. The van der Waals surface area contributed by atoms with Crippen molar-refractivity contribution in [2.45, 2.75) is 25.7 Å². The van der Waals surface area contributed by atoms with Gasteiger partial charge in [-0.2, -0.15) is 0 Å². The van der Waals surface area contributed by atoms with E-state index in [1.807, 2.05) is 12.1 Å². The number of rotatable bonds is 2. The molecule has 1 saturated heterocycles. The number of halogens is 1. The van der Waals surface area contributed by atoms with E-state index in [1.54, 1.807) is 6.07 Å². The number of nitrogens with one attached hydrogen (secondary N) is 1. The number of carbonyl (C=O) groups excluding carboxylic acids is 2. The van der Waals surface area contributed by atoms with E-state index in [0.717, 1.165) is 12.0 Å². The van der Waals surface area contributed by atoms with Gasteiger partial charge in [0.1, 0.15) is 0 Å². The van der Waals surface area contributed by atoms with Gasteiger partial charge in [0.2, 0.25) is 5.91 Å². The normalized spacial score (nSPS) is 19.9. The summed E-state index contributed by atoms with van der Waals surface area (Å²) in [5.41, 5.74) is 1.57. The average Bonchev–Trinajstić information content (AvgIpc) is 2.28. The number of benzene rings is 1. The van der Waals surface area contributed by atoms with Gasteiger partial charge in [0.05, 0.1) is 5.02 Å². The van der Waals surface area contributed by atoms with E-state index in [2.05, 4.69) is 5.32 Å². The van der Waals surface area contributed by atoms with Crippen LogP contribution in [0.15, 0.2) is 18.2 Å². The van der Waals surface area contributed by atoms with Crippen molar-refractivity contribution in [2.24, 2.45) is 0 Å². The van der Waals surface area contributed by atoms with Crippen LogP contribution in [0.4, 0.5) is 0 Å². The zero-order valence-corrected chi connectivity index (χ0v) is 10.4. The Labute approximate surface area is 105 Å². The molecule has 4 heteroatoms. The summed E-state index contributed by atoms with van der Waals surface area (Å²) in [5, 5.41) is 3.27. The summed E-state index contributed by atoms with van der Waals surface area (Å²) in [4.78, 5) is 22.6. The highest BCUT2D eigenvalue weighted by Gasteiger charge is 2.21. The molecular weight excluding hydrogens is 238 g/mol. The van der Waals surface area contributed by atoms with Crippen molar-refractivity contribution in [3.63, 3.8) is 0 Å². The number of hydrogen-bond acceptors (Lipinski definition) is 2. The van der Waals surface area contributed by atoms with Crippen LogP contribution in [-0.4, -0.2) is 18.2 Å². The summed E-state index contributed by atoms with van der Waals surface area (Å²) in [6.45, 7) is 2.20. The van der Waals surface area contributed by atoms with E-state index in [0.29, 0.717) is 23.6 Å². The van der Waals surface area contributed by atoms with Crippen molar-refractivity contribution in [3.8, 4) is 0 Å². The van der Waals surface area contributed by atoms with Crippen LogP contribution >= 0.6 is 11.6 Å². The predicted octanol–water partition coefficient (Wildman–Crippen LogP) is 2.54. The van der Waals surface area contributed by atoms with Crippen molar-refractivity contribution < 1.29 is 9.59 Å². The maximum Gasteiger partial charge on any atom is 0.220 e. The Morgan fingerprint density at radius 3 is 2.82 bits per heavy atom. The largest absolute Gasteiger partial charge is 0.356 e. The van der Waals surface area contributed by atoms with Gasteiger partial charge in [-0.05, 0) is 37.0 Å². The molecule has 1 atom stereocenters. The fourth-order valence-electron chi connectivity index (χ4n) is 2.14. The van der Waals surface area contributed by atoms with E-state index in [4.69, 9.17) is 11.6 Å². The number of ketones is 1. The molecular formula is C13H14ClNO2. The van der Waals surface area contributed by atoms with Crippen LogP contribution in [0.1, 0.15) is 41.6 Å². The van der Waals surface area contributed by atoms with E-state index in [9.17, 15) is 9.59 Å². The molecule has 1 aromatic carbocycles. The Morgan fingerprint density at radius 1 is 1.47 bits per heavy atom. The topological polar surface area (TPSA) is 46.2 Å². The number of Topliss-reactive ketones (excluding diaryl/α,β-unsaturated/α-hetero) is 1. The maximum absolute atomic E-state index is 11.3. The molecule has 0 aliphatic carbocycles. The van der Waals surface area contributed by atoms with E-state index >= 15 is 0 Å². The van der Waals surface area contributed by atoms with Gasteiger partial charge in [-0.25, -0.2) is 0 Å². The lowest BCUT2D eigenvalue weighted by atomic mass is 9.89. The highest BCUT2D eigenvalue weighted by molar-refractivity contribution is 6.33. The Hall–Kier alpha value is -1.35. The molecule has 1 aromatic rings. The molecule has 0 aromatic heterocycles. The predicted molar refractivity (Wildman–Crippen MR) is 66.4 cm³/mol. The Kier molecular flexibility index (Phi) is 3.48. The van der Waals surface area contributed by atoms with Crippen molar-refractivity contribution in [2.75, 3.05) is 6.54 Å². The third-order valence-electron chi connectivity index (χ3n) is 3.09. The van der Waals surface area contributed by atoms with Crippen LogP contribution in [0, 0.1) is 0 Å². The minimum atomic E-state index is -0.0389. The molecule has 2 rings (SSSR count). The lowest BCUT2D eigenvalue weighted by Gasteiger charge is -2.22. The minimum Gasteiger partial charge on any atom is -0.356 e. The van der Waals surface area contributed by atoms with Gasteiger partial charge in [0, 0.05) is 18.5 Å². The van der Waals surface area contributed by atoms with Gasteiger partial charge >= 0.3 is 0 Å². The summed E-state index contributed by atoms with van der Waals surface area (Å²) in [6.07, 6.45) is 1.41. The second kappa shape index (κ2) is 4.88. The second-order valence-electron chi connectivity index (χ2n) is 4.34. The molecule has 90 valence electrons. The van der Waals surface area contributed by atoms with E-state index in [1.165, 1.54) is 6.92 Å². The molecule has 0 spiro atoms. The van der Waals surface area contributed by atoms with Gasteiger partial charge < -0.3 is 5.32 Å². The standard InChI is InChI=1S/C13H14ClNO2/c1-8(16)11-3-2-9(6-12(11)14)10-4-5-15-13(17)7-10/h2-3,6,10H,4-5,7H2,1H3,(H,15,17)/t10-/m0/s1. The number of amides is 1. The fraction of sp³-hybridized carbons (Fsp3) is 0.385. The van der Waals surface area contributed by atoms with Crippen molar-refractivity contribution in [1.29, 1.82) is 0 Å². The summed E-state index contributed by atoms with van der Waals surface area (Å²) < 4.78 is 0. The number of carbonyl (C=O) groups is 2. The van der Waals surface area contributed by atoms with Gasteiger partial charge in [-0.3, -0.25) is 9.59 Å². The van der Waals surface area contributed by atoms with Gasteiger partial charge in [-0.1, -0.05) is 17.7 Å². The van der Waals surface area contributed by atoms with Gasteiger partial charge in [-0.15, -0.1) is 0 Å². The van der Waals surface area contributed by atoms with Gasteiger partial charge in [0.15, 0.2) is 5.78 Å². The Bertz CT molecular complexity index is 470. The summed E-state index contributed by atoms with van der Waals surface area (Å²) in [7, 11) is 0. The Morgan fingerprint density at radius 2 is 2.24 bits per heavy atom. The van der Waals surface area contributed by atoms with Gasteiger partial charge in [0.25, 0.3) is 0 Å². The van der Waals surface area contributed by atoms with Crippen LogP contribution in [0.5, 0.6) is 0 Å². The molecule has 1 fully saturated rings. The van der Waals surface area contributed by atoms with E-state index in [-0.39, 0.29) is 17.6 Å². The Balaban J connectivity index is 2.25. The molecule has 0 bridgehead atoms. The molecule has 0 unspecified atom stereocenters. The molecule has 0 saturated carbocycles. The first-order valence-electron chi connectivity index (χ1n) is 5.65. The monoisotopic (exact) mass is 251 g/mol. The van der Waals surface area contributed by atoms with Crippen LogP contribution in [-0.2, 0) is 4.79 Å². The molecule has 3 nitrogen and oxygen atoms in total. The number of hydrogen-bond donors (Lipinski definition) is 1. The summed E-state index contributed by atoms with van der Waals surface area (Å²) in [5.74, 6) is 0.248. The zero-order chi connectivity index (χ0) is 12.4. The van der Waals surface area contributed by atoms with Crippen molar-refractivity contribution in [3.05, 3.63) is 34.3 Å². The number of piperidine rings is 1. The maximum atomic E-state index is 11.3. The van der Waals surface area contributed by atoms with Crippen LogP contribution < -0.4 is 5.32 Å². The van der Waals surface area contributed by atoms with Crippen molar-refractivity contribution >= 4 is 23.3 Å². The highest BCUT2D eigenvalue weighted by Crippen LogP contribution is 2.29. The first kappa shape index (κ1) is 12.1. The third-order valence-corrected chi connectivity index (χ3v) is 3.40.